The number of carbonyl (C=O) groups excluding carboxylic acids is 2. The maximum atomic E-state index is 13.9. The summed E-state index contributed by atoms with van der Waals surface area (Å²) in [5, 5.41) is 0.388. The smallest absolute Gasteiger partial charge is 0.282 e. The molecule has 0 unspecified atom stereocenters. The zero-order valence-electron chi connectivity index (χ0n) is 25.5. The van der Waals surface area contributed by atoms with Gasteiger partial charge >= 0.3 is 0 Å². The molecule has 0 fully saturated rings. The van der Waals surface area contributed by atoms with Gasteiger partial charge in [0.1, 0.15) is 17.4 Å². The number of rotatable bonds is 8. The van der Waals surface area contributed by atoms with Gasteiger partial charge in [-0.2, -0.15) is 0 Å². The van der Waals surface area contributed by atoms with E-state index in [1.807, 2.05) is 30.3 Å². The number of amides is 2. The number of hydrogen-bond acceptors (Lipinski definition) is 8. The molecule has 1 aliphatic heterocycles. The van der Waals surface area contributed by atoms with Gasteiger partial charge in [-0.1, -0.05) is 42.5 Å². The molecule has 46 heavy (non-hydrogen) atoms. The quantitative estimate of drug-likeness (QED) is 0.245. The molecule has 11 nitrogen and oxygen atoms in total. The van der Waals surface area contributed by atoms with Gasteiger partial charge < -0.3 is 14.2 Å². The van der Waals surface area contributed by atoms with E-state index in [2.05, 4.69) is 10.4 Å². The van der Waals surface area contributed by atoms with Gasteiger partial charge in [0.25, 0.3) is 17.4 Å². The number of ether oxygens (including phenoxy) is 3. The first-order valence-corrected chi connectivity index (χ1v) is 14.2. The largest absolute Gasteiger partial charge is 0.493 e. The molecule has 230 valence electrons. The van der Waals surface area contributed by atoms with E-state index < -0.39 is 5.91 Å². The van der Waals surface area contributed by atoms with E-state index in [9.17, 15) is 14.4 Å². The zero-order chi connectivity index (χ0) is 32.4. The lowest BCUT2D eigenvalue weighted by Gasteiger charge is -2.19. The first-order valence-electron chi connectivity index (χ1n) is 14.2. The van der Waals surface area contributed by atoms with Crippen LogP contribution in [0, 0.1) is 6.92 Å². The summed E-state index contributed by atoms with van der Waals surface area (Å²) in [6.45, 7) is 1.64. The highest BCUT2D eigenvalue weighted by Crippen LogP contribution is 2.39. The molecular formula is C35H29N5O6. The average Bonchev–Trinajstić information content (AvgIpc) is 3.41. The second kappa shape index (κ2) is 12.4. The van der Waals surface area contributed by atoms with Crippen LogP contribution in [-0.4, -0.2) is 48.6 Å². The monoisotopic (exact) mass is 615 g/mol. The minimum absolute atomic E-state index is 0.189. The highest BCUT2D eigenvalue weighted by atomic mass is 16.5. The number of hydrogen-bond donors (Lipinski definition) is 1. The third kappa shape index (κ3) is 5.45. The number of para-hydroxylation sites is 1. The van der Waals surface area contributed by atoms with Crippen LogP contribution in [0.25, 0.3) is 17.0 Å². The molecule has 0 saturated carbocycles. The van der Waals surface area contributed by atoms with Crippen molar-refractivity contribution in [3.05, 3.63) is 130 Å². The van der Waals surface area contributed by atoms with Gasteiger partial charge in [0, 0.05) is 11.1 Å². The fourth-order valence-electron chi connectivity index (χ4n) is 5.18. The Hall–Kier alpha value is -6.23. The minimum atomic E-state index is -0.512. The topological polar surface area (TPSA) is 124 Å². The highest BCUT2D eigenvalue weighted by Gasteiger charge is 2.33. The third-order valence-electron chi connectivity index (χ3n) is 7.43. The van der Waals surface area contributed by atoms with Crippen molar-refractivity contribution in [2.75, 3.05) is 31.7 Å². The van der Waals surface area contributed by atoms with E-state index in [0.717, 1.165) is 10.2 Å². The summed E-state index contributed by atoms with van der Waals surface area (Å²) in [5.41, 5.74) is 5.12. The number of aromatic nitrogens is 2. The lowest BCUT2D eigenvalue weighted by molar-refractivity contribution is -0.113. The number of amidine groups is 1. The number of carbonyl (C=O) groups is 2. The summed E-state index contributed by atoms with van der Waals surface area (Å²) < 4.78 is 17.5. The van der Waals surface area contributed by atoms with E-state index >= 15 is 0 Å². The molecule has 5 aromatic rings. The summed E-state index contributed by atoms with van der Waals surface area (Å²) in [5.74, 6) is 1.19. The lowest BCUT2D eigenvalue weighted by Crippen LogP contribution is -2.35. The van der Waals surface area contributed by atoms with Crippen LogP contribution in [-0.2, 0) is 4.79 Å². The van der Waals surface area contributed by atoms with E-state index in [4.69, 9.17) is 19.2 Å². The number of fused-ring (bicyclic) bond motifs is 1. The molecule has 0 aliphatic carbocycles. The number of nitrogens with zero attached hydrogens (tertiary/aromatic N) is 4. The predicted molar refractivity (Wildman–Crippen MR) is 175 cm³/mol. The third-order valence-corrected chi connectivity index (χ3v) is 7.43. The Labute approximate surface area is 264 Å². The van der Waals surface area contributed by atoms with Crippen LogP contribution in [0.3, 0.4) is 0 Å². The Balaban J connectivity index is 1.33. The number of aryl methyl sites for hydroxylation is 1. The molecule has 0 atom stereocenters. The minimum Gasteiger partial charge on any atom is -0.493 e. The fraction of sp³-hybridized carbons (Fsp3) is 0.114. The van der Waals surface area contributed by atoms with E-state index in [1.54, 1.807) is 73.7 Å². The standard InChI is InChI=1S/C35H29N5O6/c1-21-36-27-13-9-8-12-26(27)34(42)40(21)38-33(41)24-14-16-25(17-15-24)39-32(23-10-6-5-7-11-23)37-28(35(39)43)18-22-19-29(44-2)31(46-4)30(20-22)45-3/h5-20H,1-4H3,(H,38,41). The number of benzene rings is 4. The molecule has 0 saturated heterocycles. The Morgan fingerprint density at radius 1 is 0.826 bits per heavy atom. The van der Waals surface area contributed by atoms with Gasteiger partial charge in [-0.05, 0) is 67.1 Å². The van der Waals surface area contributed by atoms with E-state index in [0.29, 0.717) is 51.1 Å². The van der Waals surface area contributed by atoms with Gasteiger partial charge in [-0.25, -0.2) is 14.7 Å². The molecule has 6 rings (SSSR count). The molecular weight excluding hydrogens is 586 g/mol. The lowest BCUT2D eigenvalue weighted by atomic mass is 10.1. The first kappa shape index (κ1) is 29.8. The normalized spacial score (nSPS) is 13.6. The number of aliphatic imine (C=N–C) groups is 1. The average molecular weight is 616 g/mol. The van der Waals surface area contributed by atoms with Crippen LogP contribution in [0.2, 0.25) is 0 Å². The molecule has 1 aromatic heterocycles. The summed E-state index contributed by atoms with van der Waals surface area (Å²) >= 11 is 0. The molecule has 2 amide bonds. The van der Waals surface area contributed by atoms with Crippen molar-refractivity contribution in [3.8, 4) is 17.2 Å². The number of methoxy groups -OCH3 is 3. The molecule has 0 radical (unpaired) electrons. The Morgan fingerprint density at radius 2 is 1.48 bits per heavy atom. The number of anilines is 1. The first-order chi connectivity index (χ1) is 22.3. The summed E-state index contributed by atoms with van der Waals surface area (Å²) in [6, 6.07) is 26.2. The van der Waals surface area contributed by atoms with Crippen molar-refractivity contribution >= 4 is 40.3 Å². The SMILES string of the molecule is COc1cc(C=C2N=C(c3ccccc3)N(c3ccc(C(=O)Nn4c(C)nc5ccccc5c4=O)cc3)C2=O)cc(OC)c1OC. The highest BCUT2D eigenvalue weighted by molar-refractivity contribution is 6.33. The second-order valence-corrected chi connectivity index (χ2v) is 10.2. The molecule has 0 spiro atoms. The second-order valence-electron chi connectivity index (χ2n) is 10.2. The van der Waals surface area contributed by atoms with Crippen molar-refractivity contribution in [2.24, 2.45) is 4.99 Å². The molecule has 11 heteroatoms. The summed E-state index contributed by atoms with van der Waals surface area (Å²) in [6.07, 6.45) is 1.65. The van der Waals surface area contributed by atoms with E-state index in [-0.39, 0.29) is 22.7 Å². The Morgan fingerprint density at radius 3 is 2.13 bits per heavy atom. The zero-order valence-corrected chi connectivity index (χ0v) is 25.5. The fourth-order valence-corrected chi connectivity index (χ4v) is 5.18. The van der Waals surface area contributed by atoms with Crippen LogP contribution >= 0.6 is 0 Å². The van der Waals surface area contributed by atoms with Gasteiger partial charge in [0.05, 0.1) is 37.9 Å². The van der Waals surface area contributed by atoms with Crippen LogP contribution in [0.5, 0.6) is 17.2 Å². The summed E-state index contributed by atoms with van der Waals surface area (Å²) in [4.78, 5) is 50.8. The maximum absolute atomic E-state index is 13.9. The van der Waals surface area contributed by atoms with Crippen LogP contribution in [0.4, 0.5) is 5.69 Å². The van der Waals surface area contributed by atoms with E-state index in [1.165, 1.54) is 26.2 Å². The number of nitrogens with one attached hydrogen (secondary N) is 1. The van der Waals surface area contributed by atoms with Gasteiger partial charge in [0.15, 0.2) is 11.5 Å². The Kier molecular flexibility index (Phi) is 8.04. The predicted octanol–water partition coefficient (Wildman–Crippen LogP) is 4.95. The Bertz CT molecular complexity index is 2080. The molecule has 0 bridgehead atoms. The maximum Gasteiger partial charge on any atom is 0.282 e. The molecule has 4 aromatic carbocycles. The van der Waals surface area contributed by atoms with Crippen molar-refractivity contribution in [2.45, 2.75) is 6.92 Å². The van der Waals surface area contributed by atoms with Gasteiger partial charge in [-0.3, -0.25) is 24.7 Å². The van der Waals surface area contributed by atoms with Gasteiger partial charge in [0.2, 0.25) is 5.75 Å². The van der Waals surface area contributed by atoms with Crippen molar-refractivity contribution in [1.82, 2.24) is 9.66 Å². The van der Waals surface area contributed by atoms with Crippen LogP contribution in [0.1, 0.15) is 27.3 Å². The summed E-state index contributed by atoms with van der Waals surface area (Å²) in [7, 11) is 4.55. The van der Waals surface area contributed by atoms with Crippen LogP contribution < -0.4 is 30.1 Å². The van der Waals surface area contributed by atoms with Crippen molar-refractivity contribution < 1.29 is 23.8 Å². The van der Waals surface area contributed by atoms with Gasteiger partial charge in [-0.15, -0.1) is 0 Å². The molecule has 1 N–H and O–H groups in total. The van der Waals surface area contributed by atoms with Crippen molar-refractivity contribution in [3.63, 3.8) is 0 Å². The molecule has 1 aliphatic rings. The molecule has 2 heterocycles. The van der Waals surface area contributed by atoms with Crippen molar-refractivity contribution in [1.29, 1.82) is 0 Å². The van der Waals surface area contributed by atoms with Crippen LogP contribution in [0.15, 0.2) is 106 Å².